The zero-order valence-electron chi connectivity index (χ0n) is 24.6. The smallest absolute Gasteiger partial charge is 0.335 e. The molecule has 4 rings (SSSR count). The summed E-state index contributed by atoms with van der Waals surface area (Å²) < 4.78 is 16.5. The van der Waals surface area contributed by atoms with Crippen LogP contribution in [0.4, 0.5) is 0 Å². The van der Waals surface area contributed by atoms with Gasteiger partial charge in [0.05, 0.1) is 24.9 Å². The summed E-state index contributed by atoms with van der Waals surface area (Å²) in [7, 11) is 0. The zero-order valence-corrected chi connectivity index (χ0v) is 24.6. The lowest BCUT2D eigenvalue weighted by Crippen LogP contribution is -2.23. The number of esters is 1. The minimum absolute atomic E-state index is 0.0140. The van der Waals surface area contributed by atoms with Crippen molar-refractivity contribution in [3.05, 3.63) is 119 Å². The number of rotatable bonds is 16. The highest BCUT2D eigenvalue weighted by Crippen LogP contribution is 2.24. The van der Waals surface area contributed by atoms with Crippen LogP contribution in [-0.2, 0) is 33.9 Å². The van der Waals surface area contributed by atoms with Crippen molar-refractivity contribution in [2.45, 2.75) is 32.7 Å². The van der Waals surface area contributed by atoms with Crippen LogP contribution >= 0.6 is 0 Å². The molecule has 1 atom stereocenters. The minimum atomic E-state index is -0.952. The Morgan fingerprint density at radius 1 is 0.841 bits per heavy atom. The number of carboxylic acid groups (broad SMARTS) is 1. The molecule has 0 aliphatic rings. The van der Waals surface area contributed by atoms with Crippen LogP contribution in [0.3, 0.4) is 0 Å². The lowest BCUT2D eigenvalue weighted by atomic mass is 10.0. The Hall–Kier alpha value is -4.70. The van der Waals surface area contributed by atoms with Crippen LogP contribution in [0.2, 0.25) is 0 Å². The van der Waals surface area contributed by atoms with E-state index < -0.39 is 18.0 Å². The van der Waals surface area contributed by atoms with E-state index in [1.54, 1.807) is 30.3 Å². The van der Waals surface area contributed by atoms with Gasteiger partial charge in [-0.05, 0) is 83.2 Å². The fourth-order valence-corrected chi connectivity index (χ4v) is 4.53. The first kappa shape index (κ1) is 32.2. The second-order valence-electron chi connectivity index (χ2n) is 10.3. The maximum absolute atomic E-state index is 11.3. The van der Waals surface area contributed by atoms with Crippen molar-refractivity contribution < 1.29 is 39.1 Å². The predicted octanol–water partition coefficient (Wildman–Crippen LogP) is 5.28. The van der Waals surface area contributed by atoms with Crippen LogP contribution in [0.15, 0.2) is 91.0 Å². The monoisotopic (exact) mass is 599 g/mol. The Labute approximate surface area is 256 Å². The van der Waals surface area contributed by atoms with Gasteiger partial charge in [0.25, 0.3) is 0 Å². The molecule has 44 heavy (non-hydrogen) atoms. The van der Waals surface area contributed by atoms with Gasteiger partial charge in [0.2, 0.25) is 0 Å². The Bertz CT molecular complexity index is 1540. The molecule has 9 heteroatoms. The quantitative estimate of drug-likeness (QED) is 0.100. The van der Waals surface area contributed by atoms with Gasteiger partial charge in [-0.1, -0.05) is 48.5 Å². The van der Waals surface area contributed by atoms with Crippen molar-refractivity contribution in [3.8, 4) is 22.6 Å². The van der Waals surface area contributed by atoms with E-state index in [1.807, 2.05) is 54.6 Å². The van der Waals surface area contributed by atoms with E-state index in [4.69, 9.17) is 14.2 Å². The highest BCUT2D eigenvalue weighted by atomic mass is 16.5. The number of ether oxygens (including phenoxy) is 3. The van der Waals surface area contributed by atoms with Crippen molar-refractivity contribution in [2.24, 2.45) is 0 Å². The number of phenols is 1. The number of aliphatic hydroxyl groups is 1. The summed E-state index contributed by atoms with van der Waals surface area (Å²) in [5.41, 5.74) is 5.20. The van der Waals surface area contributed by atoms with Crippen molar-refractivity contribution in [3.63, 3.8) is 0 Å². The molecule has 0 saturated heterocycles. The van der Waals surface area contributed by atoms with E-state index in [0.717, 1.165) is 34.4 Å². The standard InChI is InChI=1S/C35H37NO8/c1-24(37)44-23-31-20-29(10-13-33(31)38)34(39)21-36-15-14-25-8-11-32(12-9-25)43-17-16-42-22-26-4-2-5-27(18-26)28-6-3-7-30(19-28)35(40)41/h2-13,18-20,34,36,38-39H,14-17,21-23H2,1H3,(H,40,41)/t34-/m0/s1. The van der Waals surface area contributed by atoms with Gasteiger partial charge in [-0.3, -0.25) is 4.79 Å². The molecule has 0 amide bonds. The van der Waals surface area contributed by atoms with E-state index in [1.165, 1.54) is 13.0 Å². The van der Waals surface area contributed by atoms with Crippen molar-refractivity contribution in [1.82, 2.24) is 5.32 Å². The highest BCUT2D eigenvalue weighted by Gasteiger charge is 2.12. The highest BCUT2D eigenvalue weighted by molar-refractivity contribution is 5.89. The Morgan fingerprint density at radius 3 is 2.34 bits per heavy atom. The maximum atomic E-state index is 11.3. The van der Waals surface area contributed by atoms with Gasteiger partial charge in [0.1, 0.15) is 24.7 Å². The molecule has 0 aromatic heterocycles. The fraction of sp³-hybridized carbons (Fsp3) is 0.257. The van der Waals surface area contributed by atoms with Gasteiger partial charge in [-0.25, -0.2) is 4.79 Å². The van der Waals surface area contributed by atoms with Crippen molar-refractivity contribution in [2.75, 3.05) is 26.3 Å². The molecule has 0 aliphatic heterocycles. The van der Waals surface area contributed by atoms with Gasteiger partial charge in [-0.2, -0.15) is 0 Å². The van der Waals surface area contributed by atoms with Crippen LogP contribution in [-0.4, -0.2) is 53.6 Å². The third-order valence-corrected chi connectivity index (χ3v) is 6.91. The first-order chi connectivity index (χ1) is 21.3. The number of phenolic OH excluding ortho intramolecular Hbond substituents is 1. The first-order valence-corrected chi connectivity index (χ1v) is 14.3. The second kappa shape index (κ2) is 16.2. The lowest BCUT2D eigenvalue weighted by Gasteiger charge is -2.14. The van der Waals surface area contributed by atoms with E-state index in [0.29, 0.717) is 44.0 Å². The number of carbonyl (C=O) groups is 2. The number of benzene rings is 4. The maximum Gasteiger partial charge on any atom is 0.335 e. The summed E-state index contributed by atoms with van der Waals surface area (Å²) in [6, 6.07) is 27.3. The van der Waals surface area contributed by atoms with E-state index in [-0.39, 0.29) is 17.9 Å². The normalized spacial score (nSPS) is 11.6. The van der Waals surface area contributed by atoms with Crippen molar-refractivity contribution >= 4 is 11.9 Å². The number of carbonyl (C=O) groups excluding carboxylic acids is 1. The van der Waals surface area contributed by atoms with Gasteiger partial charge in [-0.15, -0.1) is 0 Å². The number of aromatic hydroxyl groups is 1. The van der Waals surface area contributed by atoms with Gasteiger partial charge >= 0.3 is 11.9 Å². The molecule has 230 valence electrons. The summed E-state index contributed by atoms with van der Waals surface area (Å²) in [5, 5.41) is 33.0. The summed E-state index contributed by atoms with van der Waals surface area (Å²) in [6.07, 6.45) is -0.00669. The molecule has 0 bridgehead atoms. The molecular formula is C35H37NO8. The second-order valence-corrected chi connectivity index (χ2v) is 10.3. The van der Waals surface area contributed by atoms with E-state index in [9.17, 15) is 24.9 Å². The molecule has 4 aromatic carbocycles. The molecule has 0 saturated carbocycles. The van der Waals surface area contributed by atoms with Crippen LogP contribution in [0, 0.1) is 0 Å². The average Bonchev–Trinajstić information content (AvgIpc) is 3.03. The van der Waals surface area contributed by atoms with Gasteiger partial charge < -0.3 is 34.8 Å². The molecule has 0 radical (unpaired) electrons. The molecule has 4 aromatic rings. The van der Waals surface area contributed by atoms with Gasteiger partial charge in [0.15, 0.2) is 0 Å². The average molecular weight is 600 g/mol. The van der Waals surface area contributed by atoms with Crippen LogP contribution < -0.4 is 10.1 Å². The topological polar surface area (TPSA) is 135 Å². The first-order valence-electron chi connectivity index (χ1n) is 14.3. The molecular weight excluding hydrogens is 562 g/mol. The van der Waals surface area contributed by atoms with Gasteiger partial charge in [0, 0.05) is 19.0 Å². The SMILES string of the molecule is CC(=O)OCc1cc([C@@H](O)CNCCc2ccc(OCCOCc3cccc(-c4cccc(C(=O)O)c4)c3)cc2)ccc1O. The summed E-state index contributed by atoms with van der Waals surface area (Å²) in [4.78, 5) is 22.3. The number of hydrogen-bond donors (Lipinski definition) is 4. The number of aliphatic hydroxyl groups excluding tert-OH is 1. The summed E-state index contributed by atoms with van der Waals surface area (Å²) in [5.74, 6) is -0.630. The summed E-state index contributed by atoms with van der Waals surface area (Å²) >= 11 is 0. The lowest BCUT2D eigenvalue weighted by molar-refractivity contribution is -0.142. The zero-order chi connectivity index (χ0) is 31.3. The minimum Gasteiger partial charge on any atom is -0.508 e. The van der Waals surface area contributed by atoms with Crippen LogP contribution in [0.25, 0.3) is 11.1 Å². The van der Waals surface area contributed by atoms with E-state index in [2.05, 4.69) is 5.32 Å². The number of nitrogens with one attached hydrogen (secondary N) is 1. The third-order valence-electron chi connectivity index (χ3n) is 6.91. The fourth-order valence-electron chi connectivity index (χ4n) is 4.53. The summed E-state index contributed by atoms with van der Waals surface area (Å²) in [6.45, 7) is 3.48. The molecule has 0 unspecified atom stereocenters. The molecule has 0 fully saturated rings. The number of carboxylic acids is 1. The number of hydrogen-bond acceptors (Lipinski definition) is 8. The van der Waals surface area contributed by atoms with Crippen LogP contribution in [0.5, 0.6) is 11.5 Å². The third kappa shape index (κ3) is 9.95. The van der Waals surface area contributed by atoms with E-state index >= 15 is 0 Å². The molecule has 0 aliphatic carbocycles. The Morgan fingerprint density at radius 2 is 1.59 bits per heavy atom. The molecule has 0 spiro atoms. The predicted molar refractivity (Wildman–Crippen MR) is 166 cm³/mol. The van der Waals surface area contributed by atoms with Crippen LogP contribution in [0.1, 0.15) is 45.6 Å². The number of aromatic carboxylic acids is 1. The molecule has 9 nitrogen and oxygen atoms in total. The largest absolute Gasteiger partial charge is 0.508 e. The molecule has 0 heterocycles. The Balaban J connectivity index is 1.13. The molecule has 4 N–H and O–H groups in total. The van der Waals surface area contributed by atoms with Crippen molar-refractivity contribution in [1.29, 1.82) is 0 Å². The Kier molecular flexibility index (Phi) is 11.9.